The van der Waals surface area contributed by atoms with E-state index in [0.717, 1.165) is 38.9 Å². The van der Waals surface area contributed by atoms with Gasteiger partial charge in [0.25, 0.3) is 0 Å². The van der Waals surface area contributed by atoms with Crippen molar-refractivity contribution in [1.29, 1.82) is 0 Å². The number of hydrogen-bond acceptors (Lipinski definition) is 4. The van der Waals surface area contributed by atoms with Gasteiger partial charge in [0, 0.05) is 19.6 Å². The van der Waals surface area contributed by atoms with Gasteiger partial charge in [-0.3, -0.25) is 0 Å². The van der Waals surface area contributed by atoms with Crippen molar-refractivity contribution in [2.75, 3.05) is 26.2 Å². The van der Waals surface area contributed by atoms with Gasteiger partial charge in [0.1, 0.15) is 5.84 Å². The Morgan fingerprint density at radius 2 is 2.25 bits per heavy atom. The minimum Gasteiger partial charge on any atom is -0.409 e. The molecule has 94 valence electrons. The van der Waals surface area contributed by atoms with E-state index in [2.05, 4.69) is 10.1 Å². The number of amidine groups is 1. The minimum absolute atomic E-state index is 0.308. The molecule has 5 heteroatoms. The Balaban J connectivity index is 2.02. The first-order chi connectivity index (χ1) is 7.76. The molecule has 1 saturated heterocycles. The number of likely N-dealkylation sites (tertiary alicyclic amines) is 1. The van der Waals surface area contributed by atoms with Crippen molar-refractivity contribution in [3.05, 3.63) is 0 Å². The summed E-state index contributed by atoms with van der Waals surface area (Å²) in [5.74, 6) is 0.994. The molecule has 1 aliphatic rings. The van der Waals surface area contributed by atoms with Crippen LogP contribution in [0.5, 0.6) is 0 Å². The molecular weight excluding hydrogens is 206 g/mol. The Labute approximate surface area is 96.9 Å². The third-order valence-electron chi connectivity index (χ3n) is 3.19. The first-order valence-corrected chi connectivity index (χ1v) is 6.06. The molecule has 1 unspecified atom stereocenters. The number of nitrogens with two attached hydrogens (primary N) is 1. The average molecular weight is 229 g/mol. The molecule has 0 aromatic carbocycles. The predicted octanol–water partition coefficient (Wildman–Crippen LogP) is 0.607. The third kappa shape index (κ3) is 4.81. The van der Waals surface area contributed by atoms with Crippen molar-refractivity contribution in [2.45, 2.75) is 32.1 Å². The van der Waals surface area contributed by atoms with Gasteiger partial charge < -0.3 is 20.9 Å². The highest BCUT2D eigenvalue weighted by molar-refractivity contribution is 5.79. The molecular formula is C11H23N3O2. The molecule has 0 bridgehead atoms. The van der Waals surface area contributed by atoms with E-state index in [-0.39, 0.29) is 0 Å². The molecule has 1 aliphatic heterocycles. The summed E-state index contributed by atoms with van der Waals surface area (Å²) in [6, 6.07) is 0. The third-order valence-corrected chi connectivity index (χ3v) is 3.19. The molecule has 0 aromatic rings. The maximum atomic E-state index is 8.85. The molecule has 0 aliphatic carbocycles. The average Bonchev–Trinajstić information content (AvgIpc) is 2.72. The summed E-state index contributed by atoms with van der Waals surface area (Å²) in [6.45, 7) is 3.65. The van der Waals surface area contributed by atoms with Crippen LogP contribution >= 0.6 is 0 Å². The summed E-state index contributed by atoms with van der Waals surface area (Å²) in [7, 11) is 0. The van der Waals surface area contributed by atoms with Gasteiger partial charge in [-0.25, -0.2) is 0 Å². The number of oxime groups is 1. The van der Waals surface area contributed by atoms with Crippen molar-refractivity contribution in [2.24, 2.45) is 16.8 Å². The van der Waals surface area contributed by atoms with Gasteiger partial charge in [0.2, 0.25) is 0 Å². The molecule has 1 rings (SSSR count). The van der Waals surface area contributed by atoms with Crippen LogP contribution in [0.25, 0.3) is 0 Å². The number of aliphatic hydroxyl groups excluding tert-OH is 1. The standard InChI is InChI=1S/C11H23N3O2/c12-11(13-16)3-1-2-6-14-7-4-10(9-14)5-8-15/h10,15-16H,1-9H2,(H2,12,13). The molecule has 4 N–H and O–H groups in total. The van der Waals surface area contributed by atoms with E-state index in [9.17, 15) is 0 Å². The molecule has 0 saturated carbocycles. The van der Waals surface area contributed by atoms with Gasteiger partial charge in [-0.1, -0.05) is 5.16 Å². The fourth-order valence-corrected chi connectivity index (χ4v) is 2.23. The van der Waals surface area contributed by atoms with Crippen LogP contribution in [-0.2, 0) is 0 Å². The Bertz CT molecular complexity index is 221. The van der Waals surface area contributed by atoms with Crippen molar-refractivity contribution in [1.82, 2.24) is 4.90 Å². The summed E-state index contributed by atoms with van der Waals surface area (Å²) >= 11 is 0. The van der Waals surface area contributed by atoms with E-state index < -0.39 is 0 Å². The van der Waals surface area contributed by atoms with Gasteiger partial charge in [-0.05, 0) is 44.7 Å². The van der Waals surface area contributed by atoms with Crippen LogP contribution in [0.2, 0.25) is 0 Å². The van der Waals surface area contributed by atoms with Crippen LogP contribution in [0.4, 0.5) is 0 Å². The molecule has 0 amide bonds. The molecule has 0 spiro atoms. The maximum Gasteiger partial charge on any atom is 0.139 e. The molecule has 1 atom stereocenters. The van der Waals surface area contributed by atoms with Crippen LogP contribution in [0, 0.1) is 5.92 Å². The number of hydrogen-bond donors (Lipinski definition) is 3. The molecule has 1 heterocycles. The van der Waals surface area contributed by atoms with E-state index in [1.54, 1.807) is 0 Å². The second kappa shape index (κ2) is 7.46. The van der Waals surface area contributed by atoms with Crippen LogP contribution < -0.4 is 5.73 Å². The topological polar surface area (TPSA) is 82.1 Å². The fourth-order valence-electron chi connectivity index (χ4n) is 2.23. The van der Waals surface area contributed by atoms with Crippen LogP contribution in [0.15, 0.2) is 5.16 Å². The summed E-state index contributed by atoms with van der Waals surface area (Å²) in [5.41, 5.74) is 5.39. The zero-order chi connectivity index (χ0) is 11.8. The zero-order valence-electron chi connectivity index (χ0n) is 9.81. The SMILES string of the molecule is NC(CCCCN1CCC(CCO)C1)=NO. The van der Waals surface area contributed by atoms with Gasteiger partial charge in [0.15, 0.2) is 0 Å². The van der Waals surface area contributed by atoms with Crippen LogP contribution in [-0.4, -0.2) is 47.3 Å². The summed E-state index contributed by atoms with van der Waals surface area (Å²) in [5, 5.41) is 20.2. The second-order valence-electron chi connectivity index (χ2n) is 4.52. The highest BCUT2D eigenvalue weighted by atomic mass is 16.4. The lowest BCUT2D eigenvalue weighted by molar-refractivity contribution is 0.250. The van der Waals surface area contributed by atoms with Crippen LogP contribution in [0.3, 0.4) is 0 Å². The van der Waals surface area contributed by atoms with Gasteiger partial charge in [-0.15, -0.1) is 0 Å². The van der Waals surface area contributed by atoms with Gasteiger partial charge >= 0.3 is 0 Å². The number of aliphatic hydroxyl groups is 1. The van der Waals surface area contributed by atoms with Gasteiger partial charge in [0.05, 0.1) is 0 Å². The normalized spacial score (nSPS) is 22.8. The predicted molar refractivity (Wildman–Crippen MR) is 63.5 cm³/mol. The number of rotatable bonds is 7. The van der Waals surface area contributed by atoms with Crippen molar-refractivity contribution in [3.8, 4) is 0 Å². The van der Waals surface area contributed by atoms with E-state index in [0.29, 0.717) is 24.8 Å². The maximum absolute atomic E-state index is 8.85. The fraction of sp³-hybridized carbons (Fsp3) is 0.909. The zero-order valence-corrected chi connectivity index (χ0v) is 9.81. The van der Waals surface area contributed by atoms with E-state index in [1.165, 1.54) is 6.42 Å². The summed E-state index contributed by atoms with van der Waals surface area (Å²) in [4.78, 5) is 2.44. The first kappa shape index (κ1) is 13.3. The minimum atomic E-state index is 0.308. The largest absolute Gasteiger partial charge is 0.409 e. The lowest BCUT2D eigenvalue weighted by Crippen LogP contribution is -2.22. The Morgan fingerprint density at radius 1 is 1.44 bits per heavy atom. The van der Waals surface area contributed by atoms with E-state index in [1.807, 2.05) is 0 Å². The molecule has 0 radical (unpaired) electrons. The molecule has 5 nitrogen and oxygen atoms in total. The quantitative estimate of drug-likeness (QED) is 0.196. The number of nitrogens with zero attached hydrogens (tertiary/aromatic N) is 2. The summed E-state index contributed by atoms with van der Waals surface area (Å²) < 4.78 is 0. The van der Waals surface area contributed by atoms with Gasteiger partial charge in [-0.2, -0.15) is 0 Å². The molecule has 1 fully saturated rings. The smallest absolute Gasteiger partial charge is 0.139 e. The lowest BCUT2D eigenvalue weighted by Gasteiger charge is -2.15. The Kier molecular flexibility index (Phi) is 6.18. The molecule has 0 aromatic heterocycles. The number of unbranched alkanes of at least 4 members (excludes halogenated alkanes) is 1. The highest BCUT2D eigenvalue weighted by Crippen LogP contribution is 2.19. The first-order valence-electron chi connectivity index (χ1n) is 6.06. The lowest BCUT2D eigenvalue weighted by atomic mass is 10.1. The van der Waals surface area contributed by atoms with Crippen molar-refractivity contribution < 1.29 is 10.3 Å². The second-order valence-corrected chi connectivity index (χ2v) is 4.52. The van der Waals surface area contributed by atoms with Crippen molar-refractivity contribution >= 4 is 5.84 Å². The highest BCUT2D eigenvalue weighted by Gasteiger charge is 2.20. The summed E-state index contributed by atoms with van der Waals surface area (Å²) in [6.07, 6.45) is 4.87. The van der Waals surface area contributed by atoms with E-state index in [4.69, 9.17) is 16.0 Å². The van der Waals surface area contributed by atoms with Crippen LogP contribution in [0.1, 0.15) is 32.1 Å². The Morgan fingerprint density at radius 3 is 2.94 bits per heavy atom. The Hall–Kier alpha value is -0.810. The molecule has 16 heavy (non-hydrogen) atoms. The van der Waals surface area contributed by atoms with E-state index >= 15 is 0 Å². The van der Waals surface area contributed by atoms with Crippen molar-refractivity contribution in [3.63, 3.8) is 0 Å². The monoisotopic (exact) mass is 229 g/mol.